The number of hydrogen-bond donors (Lipinski definition) is 3. The predicted molar refractivity (Wildman–Crippen MR) is 65.4 cm³/mol. The van der Waals surface area contributed by atoms with Gasteiger partial charge in [0.05, 0.1) is 16.0 Å². The van der Waals surface area contributed by atoms with Crippen LogP contribution in [0, 0.1) is 10.1 Å². The Bertz CT molecular complexity index is 607. The highest BCUT2D eigenvalue weighted by molar-refractivity contribution is 5.90. The minimum atomic E-state index is -0.489. The highest BCUT2D eigenvalue weighted by Crippen LogP contribution is 2.20. The van der Waals surface area contributed by atoms with E-state index in [0.717, 1.165) is 0 Å². The highest BCUT2D eigenvalue weighted by atomic mass is 16.6. The van der Waals surface area contributed by atoms with Gasteiger partial charge in [-0.05, 0) is 13.0 Å². The molecule has 0 atom stereocenters. The number of carbonyl (C=O) groups excluding carboxylic acids is 1. The number of anilines is 1. The number of non-ortho nitro benzene ring substituents is 1. The van der Waals surface area contributed by atoms with Gasteiger partial charge in [0.15, 0.2) is 0 Å². The molecule has 8 heteroatoms. The van der Waals surface area contributed by atoms with Crippen LogP contribution in [-0.2, 0) is 0 Å². The van der Waals surface area contributed by atoms with Crippen molar-refractivity contribution in [2.24, 2.45) is 0 Å². The third kappa shape index (κ3) is 2.37. The van der Waals surface area contributed by atoms with E-state index in [9.17, 15) is 14.9 Å². The van der Waals surface area contributed by atoms with Crippen LogP contribution in [0.15, 0.2) is 18.2 Å². The van der Waals surface area contributed by atoms with Gasteiger partial charge in [-0.15, -0.1) is 0 Å². The molecule has 0 aliphatic heterocycles. The molecular weight excluding hydrogens is 238 g/mol. The van der Waals surface area contributed by atoms with Crippen molar-refractivity contribution in [1.82, 2.24) is 15.3 Å². The van der Waals surface area contributed by atoms with Gasteiger partial charge in [0.1, 0.15) is 0 Å². The predicted octanol–water partition coefficient (Wildman–Crippen LogP) is 1.61. The fourth-order valence-electron chi connectivity index (χ4n) is 1.48. The standard InChI is InChI=1S/C10H11N5O3/c1-2-11-10(16)14-9-12-7-4-3-6(15(17)18)5-8(7)13-9/h3-5H,2H2,1H3,(H3,11,12,13,14,16). The van der Waals surface area contributed by atoms with Crippen LogP contribution in [0.3, 0.4) is 0 Å². The number of H-pyrrole nitrogens is 1. The van der Waals surface area contributed by atoms with Crippen LogP contribution in [0.5, 0.6) is 0 Å². The van der Waals surface area contributed by atoms with E-state index in [-0.39, 0.29) is 17.7 Å². The summed E-state index contributed by atoms with van der Waals surface area (Å²) >= 11 is 0. The highest BCUT2D eigenvalue weighted by Gasteiger charge is 2.10. The second kappa shape index (κ2) is 4.70. The van der Waals surface area contributed by atoms with Gasteiger partial charge < -0.3 is 10.3 Å². The SMILES string of the molecule is CCNC(=O)Nc1nc2ccc([N+](=O)[O-])cc2[nH]1. The van der Waals surface area contributed by atoms with Crippen LogP contribution in [0.1, 0.15) is 6.92 Å². The summed E-state index contributed by atoms with van der Waals surface area (Å²) in [6.45, 7) is 2.29. The molecule has 0 saturated carbocycles. The number of hydrogen-bond acceptors (Lipinski definition) is 4. The molecule has 94 valence electrons. The molecule has 1 aromatic heterocycles. The van der Waals surface area contributed by atoms with Crippen LogP contribution in [0.4, 0.5) is 16.4 Å². The largest absolute Gasteiger partial charge is 0.338 e. The van der Waals surface area contributed by atoms with Gasteiger partial charge in [-0.1, -0.05) is 0 Å². The number of urea groups is 1. The van der Waals surface area contributed by atoms with Crippen molar-refractivity contribution in [3.05, 3.63) is 28.3 Å². The van der Waals surface area contributed by atoms with Gasteiger partial charge in [-0.25, -0.2) is 9.78 Å². The summed E-state index contributed by atoms with van der Waals surface area (Å²) in [6, 6.07) is 3.86. The van der Waals surface area contributed by atoms with Crippen LogP contribution in [0.25, 0.3) is 11.0 Å². The Hall–Kier alpha value is -2.64. The number of carbonyl (C=O) groups is 1. The van der Waals surface area contributed by atoms with Crippen molar-refractivity contribution in [2.75, 3.05) is 11.9 Å². The zero-order valence-corrected chi connectivity index (χ0v) is 9.56. The first-order chi connectivity index (χ1) is 8.60. The third-order valence-corrected chi connectivity index (χ3v) is 2.25. The molecule has 0 aliphatic rings. The second-order valence-corrected chi connectivity index (χ2v) is 3.53. The maximum atomic E-state index is 11.3. The molecule has 18 heavy (non-hydrogen) atoms. The molecule has 0 fully saturated rings. The molecule has 3 N–H and O–H groups in total. The average molecular weight is 249 g/mol. The summed E-state index contributed by atoms with van der Waals surface area (Å²) in [5.74, 6) is 0.247. The van der Waals surface area contributed by atoms with E-state index in [4.69, 9.17) is 0 Å². The van der Waals surface area contributed by atoms with Crippen molar-refractivity contribution in [1.29, 1.82) is 0 Å². The normalized spacial score (nSPS) is 10.3. The third-order valence-electron chi connectivity index (χ3n) is 2.25. The summed E-state index contributed by atoms with van der Waals surface area (Å²) < 4.78 is 0. The van der Waals surface area contributed by atoms with E-state index >= 15 is 0 Å². The Balaban J connectivity index is 2.27. The molecule has 8 nitrogen and oxygen atoms in total. The van der Waals surface area contributed by atoms with Gasteiger partial charge >= 0.3 is 6.03 Å². The summed E-state index contributed by atoms with van der Waals surface area (Å²) in [7, 11) is 0. The lowest BCUT2D eigenvalue weighted by atomic mass is 10.3. The number of aromatic amines is 1. The van der Waals surface area contributed by atoms with Crippen LogP contribution in [0.2, 0.25) is 0 Å². The van der Waals surface area contributed by atoms with Gasteiger partial charge in [0, 0.05) is 18.7 Å². The first-order valence-electron chi connectivity index (χ1n) is 5.29. The lowest BCUT2D eigenvalue weighted by Gasteiger charge is -2.00. The number of nitro groups is 1. The van der Waals surface area contributed by atoms with E-state index in [1.807, 2.05) is 0 Å². The van der Waals surface area contributed by atoms with Crippen LogP contribution in [-0.4, -0.2) is 27.5 Å². The topological polar surface area (TPSA) is 113 Å². The van der Waals surface area contributed by atoms with Crippen molar-refractivity contribution >= 4 is 28.7 Å². The molecule has 0 bridgehead atoms. The fraction of sp³-hybridized carbons (Fsp3) is 0.200. The number of nitrogens with zero attached hydrogens (tertiary/aromatic N) is 2. The lowest BCUT2D eigenvalue weighted by molar-refractivity contribution is -0.384. The monoisotopic (exact) mass is 249 g/mol. The van der Waals surface area contributed by atoms with E-state index in [1.165, 1.54) is 18.2 Å². The molecule has 0 spiro atoms. The van der Waals surface area contributed by atoms with Crippen LogP contribution < -0.4 is 10.6 Å². The number of aromatic nitrogens is 2. The number of nitro benzene ring substituents is 1. The number of fused-ring (bicyclic) bond motifs is 1. The quantitative estimate of drug-likeness (QED) is 0.566. The van der Waals surface area contributed by atoms with Gasteiger partial charge in [0.25, 0.3) is 5.69 Å². The van der Waals surface area contributed by atoms with Crippen molar-refractivity contribution in [3.63, 3.8) is 0 Å². The van der Waals surface area contributed by atoms with Gasteiger partial charge in [-0.3, -0.25) is 15.4 Å². The fourth-order valence-corrected chi connectivity index (χ4v) is 1.48. The summed E-state index contributed by atoms with van der Waals surface area (Å²) in [6.07, 6.45) is 0. The molecule has 0 unspecified atom stereocenters. The summed E-state index contributed by atoms with van der Waals surface area (Å²) in [5, 5.41) is 15.6. The first-order valence-corrected chi connectivity index (χ1v) is 5.29. The van der Waals surface area contributed by atoms with Crippen molar-refractivity contribution in [3.8, 4) is 0 Å². The number of imidazole rings is 1. The first kappa shape index (κ1) is 11.8. The van der Waals surface area contributed by atoms with Crippen molar-refractivity contribution < 1.29 is 9.72 Å². The minimum Gasteiger partial charge on any atom is -0.338 e. The van der Waals surface area contributed by atoms with E-state index < -0.39 is 4.92 Å². The molecule has 2 rings (SSSR count). The van der Waals surface area contributed by atoms with Gasteiger partial charge in [-0.2, -0.15) is 0 Å². The Morgan fingerprint density at radius 3 is 3.00 bits per heavy atom. The average Bonchev–Trinajstić information content (AvgIpc) is 2.69. The van der Waals surface area contributed by atoms with Crippen molar-refractivity contribution in [2.45, 2.75) is 6.92 Å². The smallest absolute Gasteiger partial charge is 0.321 e. The molecule has 2 amide bonds. The van der Waals surface area contributed by atoms with Crippen LogP contribution >= 0.6 is 0 Å². The maximum Gasteiger partial charge on any atom is 0.321 e. The Morgan fingerprint density at radius 2 is 2.33 bits per heavy atom. The summed E-state index contributed by atoms with van der Waals surface area (Å²) in [5.41, 5.74) is 1.01. The minimum absolute atomic E-state index is 0.0318. The van der Waals surface area contributed by atoms with Gasteiger partial charge in [0.2, 0.25) is 5.95 Å². The molecule has 0 radical (unpaired) electrons. The Morgan fingerprint density at radius 1 is 1.56 bits per heavy atom. The summed E-state index contributed by atoms with van der Waals surface area (Å²) in [4.78, 5) is 28.3. The lowest BCUT2D eigenvalue weighted by Crippen LogP contribution is -2.28. The molecule has 0 saturated heterocycles. The van der Waals surface area contributed by atoms with E-state index in [1.54, 1.807) is 6.92 Å². The number of rotatable bonds is 3. The molecule has 1 aromatic carbocycles. The zero-order chi connectivity index (χ0) is 13.1. The molecule has 1 heterocycles. The van der Waals surface area contributed by atoms with E-state index in [0.29, 0.717) is 17.6 Å². The second-order valence-electron chi connectivity index (χ2n) is 3.53. The number of nitrogens with one attached hydrogen (secondary N) is 3. The Kier molecular flexibility index (Phi) is 3.09. The number of benzene rings is 1. The Labute approximate surface area is 102 Å². The maximum absolute atomic E-state index is 11.3. The zero-order valence-electron chi connectivity index (χ0n) is 9.56. The van der Waals surface area contributed by atoms with E-state index in [2.05, 4.69) is 20.6 Å². The number of amides is 2. The molecule has 2 aromatic rings. The molecule has 0 aliphatic carbocycles. The molecular formula is C10H11N5O3.